The van der Waals surface area contributed by atoms with Crippen molar-refractivity contribution in [2.45, 2.75) is 13.3 Å². The quantitative estimate of drug-likeness (QED) is 0.806. The van der Waals surface area contributed by atoms with Gasteiger partial charge in [0.1, 0.15) is 5.82 Å². The Bertz CT molecular complexity index is 331. The Morgan fingerprint density at radius 1 is 1.38 bits per heavy atom. The Balaban J connectivity index is 2.82. The summed E-state index contributed by atoms with van der Waals surface area (Å²) in [6, 6.07) is 0.865. The van der Waals surface area contributed by atoms with Crippen LogP contribution < -0.4 is 10.2 Å². The Morgan fingerprint density at radius 2 is 2.12 bits per heavy atom. The summed E-state index contributed by atoms with van der Waals surface area (Å²) < 4.78 is 26.2. The van der Waals surface area contributed by atoms with Crippen LogP contribution in [-0.2, 0) is 0 Å². The van der Waals surface area contributed by atoms with Gasteiger partial charge in [0.15, 0.2) is 11.6 Å². The van der Waals surface area contributed by atoms with Crippen molar-refractivity contribution in [3.8, 4) is 0 Å². The molecule has 0 saturated carbocycles. The standard InChI is InChI=1S/C11H17F2N3/c1-3-5-16(6-4-14-2)11-10(13)7-9(12)8-15-11/h7-8,14H,3-6H2,1-2H3. The molecule has 1 rings (SSSR count). The number of nitrogens with one attached hydrogen (secondary N) is 1. The lowest BCUT2D eigenvalue weighted by molar-refractivity contribution is 0.564. The number of rotatable bonds is 6. The largest absolute Gasteiger partial charge is 0.353 e. The van der Waals surface area contributed by atoms with Crippen molar-refractivity contribution < 1.29 is 8.78 Å². The Morgan fingerprint density at radius 3 is 2.69 bits per heavy atom. The maximum Gasteiger partial charge on any atom is 0.168 e. The van der Waals surface area contributed by atoms with Gasteiger partial charge in [-0.25, -0.2) is 13.8 Å². The van der Waals surface area contributed by atoms with E-state index in [4.69, 9.17) is 0 Å². The van der Waals surface area contributed by atoms with Gasteiger partial charge in [0, 0.05) is 25.7 Å². The summed E-state index contributed by atoms with van der Waals surface area (Å²) in [4.78, 5) is 5.61. The Hall–Kier alpha value is -1.23. The van der Waals surface area contributed by atoms with Crippen LogP contribution in [0.3, 0.4) is 0 Å². The van der Waals surface area contributed by atoms with Crippen molar-refractivity contribution in [3.63, 3.8) is 0 Å². The SMILES string of the molecule is CCCN(CCNC)c1ncc(F)cc1F. The minimum absolute atomic E-state index is 0.221. The highest BCUT2D eigenvalue weighted by molar-refractivity contribution is 5.39. The molecule has 16 heavy (non-hydrogen) atoms. The second kappa shape index (κ2) is 6.37. The molecule has 1 aromatic rings. The molecule has 0 aliphatic rings. The first-order valence-corrected chi connectivity index (χ1v) is 5.39. The van der Waals surface area contributed by atoms with Crippen LogP contribution in [-0.4, -0.2) is 31.7 Å². The first-order chi connectivity index (χ1) is 7.69. The second-order valence-electron chi connectivity index (χ2n) is 3.55. The fourth-order valence-electron chi connectivity index (χ4n) is 1.48. The number of hydrogen-bond acceptors (Lipinski definition) is 3. The molecule has 3 nitrogen and oxygen atoms in total. The number of nitrogens with zero attached hydrogens (tertiary/aromatic N) is 2. The van der Waals surface area contributed by atoms with Crippen LogP contribution in [0.5, 0.6) is 0 Å². The van der Waals surface area contributed by atoms with Crippen molar-refractivity contribution in [3.05, 3.63) is 23.9 Å². The van der Waals surface area contributed by atoms with Gasteiger partial charge >= 0.3 is 0 Å². The van der Waals surface area contributed by atoms with E-state index in [0.29, 0.717) is 13.1 Å². The fourth-order valence-corrected chi connectivity index (χ4v) is 1.48. The number of pyridine rings is 1. The molecule has 0 bridgehead atoms. The predicted molar refractivity (Wildman–Crippen MR) is 60.6 cm³/mol. The van der Waals surface area contributed by atoms with Crippen LogP contribution in [0.1, 0.15) is 13.3 Å². The van der Waals surface area contributed by atoms with Crippen LogP contribution in [0.4, 0.5) is 14.6 Å². The third-order valence-corrected chi connectivity index (χ3v) is 2.21. The van der Waals surface area contributed by atoms with Gasteiger partial charge in [-0.15, -0.1) is 0 Å². The molecule has 1 heterocycles. The number of likely N-dealkylation sites (N-methyl/N-ethyl adjacent to an activating group) is 1. The van der Waals surface area contributed by atoms with Gasteiger partial charge in [-0.3, -0.25) is 0 Å². The van der Waals surface area contributed by atoms with Gasteiger partial charge in [-0.05, 0) is 13.5 Å². The Kier molecular flexibility index (Phi) is 5.11. The van der Waals surface area contributed by atoms with E-state index in [0.717, 1.165) is 25.2 Å². The van der Waals surface area contributed by atoms with Crippen molar-refractivity contribution in [2.75, 3.05) is 31.6 Å². The molecule has 0 amide bonds. The van der Waals surface area contributed by atoms with E-state index >= 15 is 0 Å². The van der Waals surface area contributed by atoms with E-state index in [1.54, 1.807) is 0 Å². The molecule has 0 aromatic carbocycles. The van der Waals surface area contributed by atoms with Gasteiger partial charge in [0.05, 0.1) is 6.20 Å². The monoisotopic (exact) mass is 229 g/mol. The van der Waals surface area contributed by atoms with Gasteiger partial charge in [-0.1, -0.05) is 6.92 Å². The number of halogens is 2. The van der Waals surface area contributed by atoms with Crippen LogP contribution >= 0.6 is 0 Å². The molecule has 0 saturated heterocycles. The van der Waals surface area contributed by atoms with E-state index in [9.17, 15) is 8.78 Å². The van der Waals surface area contributed by atoms with E-state index in [1.807, 2.05) is 18.9 Å². The summed E-state index contributed by atoms with van der Waals surface area (Å²) in [7, 11) is 1.83. The molecule has 0 aliphatic carbocycles. The molecule has 0 aliphatic heterocycles. The average Bonchev–Trinajstić information content (AvgIpc) is 2.25. The minimum atomic E-state index is -0.647. The summed E-state index contributed by atoms with van der Waals surface area (Å²) in [6.45, 7) is 4.10. The van der Waals surface area contributed by atoms with Crippen molar-refractivity contribution in [2.24, 2.45) is 0 Å². The zero-order valence-electron chi connectivity index (χ0n) is 9.63. The van der Waals surface area contributed by atoms with Gasteiger partial charge in [-0.2, -0.15) is 0 Å². The minimum Gasteiger partial charge on any atom is -0.353 e. The van der Waals surface area contributed by atoms with Crippen LogP contribution in [0, 0.1) is 11.6 Å². The molecular weight excluding hydrogens is 212 g/mol. The molecule has 1 aromatic heterocycles. The maximum atomic E-state index is 13.5. The highest BCUT2D eigenvalue weighted by Gasteiger charge is 2.12. The molecule has 1 N–H and O–H groups in total. The smallest absolute Gasteiger partial charge is 0.168 e. The van der Waals surface area contributed by atoms with Gasteiger partial charge < -0.3 is 10.2 Å². The van der Waals surface area contributed by atoms with Crippen molar-refractivity contribution >= 4 is 5.82 Å². The van der Waals surface area contributed by atoms with Gasteiger partial charge in [0.2, 0.25) is 0 Å². The molecular formula is C11H17F2N3. The number of hydrogen-bond donors (Lipinski definition) is 1. The predicted octanol–water partition coefficient (Wildman–Crippen LogP) is 1.80. The van der Waals surface area contributed by atoms with E-state index < -0.39 is 11.6 Å². The number of aromatic nitrogens is 1. The zero-order chi connectivity index (χ0) is 12.0. The summed E-state index contributed by atoms with van der Waals surface area (Å²) >= 11 is 0. The third kappa shape index (κ3) is 3.41. The highest BCUT2D eigenvalue weighted by Crippen LogP contribution is 2.16. The first-order valence-electron chi connectivity index (χ1n) is 5.39. The fraction of sp³-hybridized carbons (Fsp3) is 0.545. The lowest BCUT2D eigenvalue weighted by atomic mass is 10.3. The molecule has 5 heteroatoms. The third-order valence-electron chi connectivity index (χ3n) is 2.21. The van der Waals surface area contributed by atoms with Crippen LogP contribution in [0.15, 0.2) is 12.3 Å². The molecule has 0 spiro atoms. The number of anilines is 1. The molecule has 0 unspecified atom stereocenters. The maximum absolute atomic E-state index is 13.5. The van der Waals surface area contributed by atoms with E-state index in [1.165, 1.54) is 0 Å². The second-order valence-corrected chi connectivity index (χ2v) is 3.55. The van der Waals surface area contributed by atoms with Crippen molar-refractivity contribution in [1.82, 2.24) is 10.3 Å². The molecule has 90 valence electrons. The highest BCUT2D eigenvalue weighted by atomic mass is 19.1. The van der Waals surface area contributed by atoms with Crippen LogP contribution in [0.25, 0.3) is 0 Å². The normalized spacial score (nSPS) is 10.5. The summed E-state index contributed by atoms with van der Waals surface area (Å²) in [5.74, 6) is -1.03. The molecule has 0 radical (unpaired) electrons. The van der Waals surface area contributed by atoms with E-state index in [-0.39, 0.29) is 5.82 Å². The van der Waals surface area contributed by atoms with Gasteiger partial charge in [0.25, 0.3) is 0 Å². The summed E-state index contributed by atoms with van der Waals surface area (Å²) in [6.07, 6.45) is 1.93. The average molecular weight is 229 g/mol. The first kappa shape index (κ1) is 12.8. The summed E-state index contributed by atoms with van der Waals surface area (Å²) in [5, 5.41) is 2.99. The lowest BCUT2D eigenvalue weighted by Crippen LogP contribution is -2.32. The lowest BCUT2D eigenvalue weighted by Gasteiger charge is -2.23. The van der Waals surface area contributed by atoms with Crippen molar-refractivity contribution in [1.29, 1.82) is 0 Å². The van der Waals surface area contributed by atoms with Crippen LogP contribution in [0.2, 0.25) is 0 Å². The summed E-state index contributed by atoms with van der Waals surface area (Å²) in [5.41, 5.74) is 0. The topological polar surface area (TPSA) is 28.2 Å². The Labute approximate surface area is 94.5 Å². The molecule has 0 fully saturated rings. The zero-order valence-corrected chi connectivity index (χ0v) is 9.63. The molecule has 0 atom stereocenters. The van der Waals surface area contributed by atoms with E-state index in [2.05, 4.69) is 10.3 Å².